The number of benzene rings is 3. The van der Waals surface area contributed by atoms with Gasteiger partial charge in [-0.2, -0.15) is 0 Å². The Bertz CT molecular complexity index is 1240. The van der Waals surface area contributed by atoms with E-state index in [-0.39, 0.29) is 41.7 Å². The second-order valence-corrected chi connectivity index (χ2v) is 7.22. The van der Waals surface area contributed by atoms with Crippen molar-refractivity contribution in [3.05, 3.63) is 127 Å². The molecule has 0 radical (unpaired) electrons. The third kappa shape index (κ3) is 21.5. The Hall–Kier alpha value is -4.92. The van der Waals surface area contributed by atoms with E-state index in [4.69, 9.17) is 29.5 Å². The molecule has 0 aliphatic heterocycles. The predicted octanol–water partition coefficient (Wildman–Crippen LogP) is 3.70. The molecule has 0 fully saturated rings. The maximum atomic E-state index is 10.9. The number of carboxylic acids is 3. The van der Waals surface area contributed by atoms with Gasteiger partial charge in [-0.15, -0.1) is 0 Å². The number of rotatable bonds is 9. The first-order valence-corrected chi connectivity index (χ1v) is 11.6. The third-order valence-corrected chi connectivity index (χ3v) is 3.97. The van der Waals surface area contributed by atoms with Gasteiger partial charge in [0.15, 0.2) is 0 Å². The van der Waals surface area contributed by atoms with E-state index in [0.717, 1.165) is 36.5 Å². The van der Waals surface area contributed by atoms with Crippen molar-refractivity contribution < 1.29 is 100 Å². The molecule has 0 saturated carbocycles. The van der Waals surface area contributed by atoms with Crippen LogP contribution in [-0.2, 0) is 28.8 Å². The molecule has 0 unspecified atom stereocenters. The summed E-state index contributed by atoms with van der Waals surface area (Å²) < 4.78 is 14.3. The first-order chi connectivity index (χ1) is 20.0. The Balaban J connectivity index is 0.000000608. The molecular formula is C30H24CeO12. The molecule has 0 aliphatic rings. The van der Waals surface area contributed by atoms with Gasteiger partial charge in [-0.25, -0.2) is 28.8 Å². The maximum Gasteiger partial charge on any atom is 0.336 e. The molecule has 3 aromatic carbocycles. The van der Waals surface area contributed by atoms with Gasteiger partial charge in [0.1, 0.15) is 17.2 Å². The molecule has 0 atom stereocenters. The van der Waals surface area contributed by atoms with Crippen LogP contribution in [0.15, 0.2) is 127 Å². The number of carboxylic acid groups (broad SMARTS) is 3. The van der Waals surface area contributed by atoms with Crippen LogP contribution in [0.1, 0.15) is 0 Å². The van der Waals surface area contributed by atoms with Crippen LogP contribution in [0.4, 0.5) is 0 Å². The van der Waals surface area contributed by atoms with E-state index in [2.05, 4.69) is 0 Å². The van der Waals surface area contributed by atoms with Gasteiger partial charge >= 0.3 is 35.8 Å². The van der Waals surface area contributed by atoms with E-state index >= 15 is 0 Å². The van der Waals surface area contributed by atoms with Crippen molar-refractivity contribution in [2.75, 3.05) is 0 Å². The summed E-state index contributed by atoms with van der Waals surface area (Å²) in [7, 11) is 0. The Morgan fingerprint density at radius 1 is 0.395 bits per heavy atom. The quantitative estimate of drug-likeness (QED) is 0.166. The van der Waals surface area contributed by atoms with Crippen LogP contribution in [0, 0.1) is 41.7 Å². The minimum Gasteiger partial charge on any atom is -0.478 e. The van der Waals surface area contributed by atoms with E-state index in [1.807, 2.05) is 0 Å². The van der Waals surface area contributed by atoms with Gasteiger partial charge in [-0.05, 0) is 36.4 Å². The van der Waals surface area contributed by atoms with Crippen molar-refractivity contribution in [1.29, 1.82) is 0 Å². The third-order valence-electron chi connectivity index (χ3n) is 3.97. The fourth-order valence-electron chi connectivity index (χ4n) is 2.33. The van der Waals surface area contributed by atoms with Gasteiger partial charge < -0.3 is 29.5 Å². The smallest absolute Gasteiger partial charge is 0.336 e. The summed E-state index contributed by atoms with van der Waals surface area (Å²) in [6, 6.07) is 25.2. The summed E-state index contributed by atoms with van der Waals surface area (Å²) in [4.78, 5) is 63.0. The second-order valence-electron chi connectivity index (χ2n) is 7.22. The topological polar surface area (TPSA) is 191 Å². The number of hydrogen-bond donors (Lipinski definition) is 3. The van der Waals surface area contributed by atoms with E-state index in [1.54, 1.807) is 91.0 Å². The molecule has 13 heteroatoms. The van der Waals surface area contributed by atoms with Gasteiger partial charge in [-0.3, -0.25) is 0 Å². The van der Waals surface area contributed by atoms with Crippen LogP contribution in [0.5, 0.6) is 17.2 Å². The standard InChI is InChI=1S/3C10H8O4.Ce/c3*11-9(12)6-7-10(13)14-8-4-2-1-3-5-8;/h3*1-7H,(H,11,12);/b3*7-6-;. The fourth-order valence-corrected chi connectivity index (χ4v) is 2.33. The van der Waals surface area contributed by atoms with Crippen molar-refractivity contribution in [1.82, 2.24) is 0 Å². The molecule has 43 heavy (non-hydrogen) atoms. The number of aliphatic carboxylic acids is 3. The van der Waals surface area contributed by atoms with E-state index in [9.17, 15) is 28.8 Å². The molecule has 220 valence electrons. The largest absolute Gasteiger partial charge is 0.478 e. The predicted molar refractivity (Wildman–Crippen MR) is 147 cm³/mol. The Labute approximate surface area is 278 Å². The van der Waals surface area contributed by atoms with Crippen LogP contribution in [-0.4, -0.2) is 51.1 Å². The van der Waals surface area contributed by atoms with E-state index in [0.29, 0.717) is 17.2 Å². The van der Waals surface area contributed by atoms with E-state index in [1.165, 1.54) is 0 Å². The first kappa shape index (κ1) is 38.1. The van der Waals surface area contributed by atoms with Gasteiger partial charge in [0.2, 0.25) is 0 Å². The second kappa shape index (κ2) is 22.7. The number of ether oxygens (including phenoxy) is 3. The molecule has 0 saturated heterocycles. The molecule has 0 aliphatic carbocycles. The molecule has 0 amide bonds. The van der Waals surface area contributed by atoms with Gasteiger partial charge in [-0.1, -0.05) is 54.6 Å². The zero-order valence-electron chi connectivity index (χ0n) is 22.1. The van der Waals surface area contributed by atoms with Crippen LogP contribution < -0.4 is 14.2 Å². The van der Waals surface area contributed by atoms with Crippen LogP contribution in [0.3, 0.4) is 0 Å². The molecule has 3 N–H and O–H groups in total. The average molecular weight is 717 g/mol. The van der Waals surface area contributed by atoms with Crippen molar-refractivity contribution >= 4 is 35.8 Å². The SMILES string of the molecule is O=C(O)/C=C\C(=O)Oc1ccccc1.O=C(O)/C=C\C(=O)Oc1ccccc1.O=C(O)/C=C\C(=O)Oc1ccccc1.[Ce]. The molecule has 0 aromatic heterocycles. The summed E-state index contributed by atoms with van der Waals surface area (Å²) in [5, 5.41) is 24.7. The Morgan fingerprint density at radius 3 is 0.791 bits per heavy atom. The maximum absolute atomic E-state index is 10.9. The Morgan fingerprint density at radius 2 is 0.605 bits per heavy atom. The number of carbonyl (C=O) groups is 6. The summed E-state index contributed by atoms with van der Waals surface area (Å²) in [6.07, 6.45) is 4.75. The molecule has 3 aromatic rings. The summed E-state index contributed by atoms with van der Waals surface area (Å²) >= 11 is 0. The van der Waals surface area contributed by atoms with Crippen LogP contribution in [0.2, 0.25) is 0 Å². The molecule has 3 rings (SSSR count). The van der Waals surface area contributed by atoms with E-state index < -0.39 is 35.8 Å². The number of para-hydroxylation sites is 3. The minimum atomic E-state index is -1.19. The monoisotopic (exact) mass is 716 g/mol. The first-order valence-electron chi connectivity index (χ1n) is 11.6. The molecule has 0 heterocycles. The van der Waals surface area contributed by atoms with Crippen molar-refractivity contribution in [3.8, 4) is 17.2 Å². The minimum absolute atomic E-state index is 0. The molecular weight excluding hydrogens is 692 g/mol. The van der Waals surface area contributed by atoms with Gasteiger partial charge in [0.25, 0.3) is 0 Å². The number of hydrogen-bond acceptors (Lipinski definition) is 9. The summed E-state index contributed by atoms with van der Waals surface area (Å²) in [6.45, 7) is 0. The van der Waals surface area contributed by atoms with Crippen molar-refractivity contribution in [3.63, 3.8) is 0 Å². The summed E-state index contributed by atoms with van der Waals surface area (Å²) in [5.41, 5.74) is 0. The number of carbonyl (C=O) groups excluding carboxylic acids is 3. The fraction of sp³-hybridized carbons (Fsp3) is 0. The molecule has 0 spiro atoms. The van der Waals surface area contributed by atoms with Crippen LogP contribution >= 0.6 is 0 Å². The Kier molecular flexibility index (Phi) is 20.1. The van der Waals surface area contributed by atoms with Gasteiger partial charge in [0, 0.05) is 78.2 Å². The van der Waals surface area contributed by atoms with Crippen molar-refractivity contribution in [2.45, 2.75) is 0 Å². The van der Waals surface area contributed by atoms with Gasteiger partial charge in [0.05, 0.1) is 0 Å². The number of esters is 3. The molecule has 12 nitrogen and oxygen atoms in total. The van der Waals surface area contributed by atoms with Crippen LogP contribution in [0.25, 0.3) is 0 Å². The zero-order valence-corrected chi connectivity index (χ0v) is 25.3. The molecule has 0 bridgehead atoms. The average Bonchev–Trinajstić information content (AvgIpc) is 2.96. The van der Waals surface area contributed by atoms with Crippen molar-refractivity contribution in [2.24, 2.45) is 0 Å². The zero-order chi connectivity index (χ0) is 31.2. The normalized spacial score (nSPS) is 9.77. The summed E-state index contributed by atoms with van der Waals surface area (Å²) in [5.74, 6) is -4.54.